The zero-order chi connectivity index (χ0) is 14.5. The van der Waals surface area contributed by atoms with Crippen LogP contribution in [0.3, 0.4) is 0 Å². The van der Waals surface area contributed by atoms with Crippen LogP contribution in [-0.2, 0) is 11.3 Å². The second kappa shape index (κ2) is 7.09. The minimum atomic E-state index is 0.318. The third kappa shape index (κ3) is 3.53. The third-order valence-electron chi connectivity index (χ3n) is 4.09. The zero-order valence-corrected chi connectivity index (χ0v) is 13.3. The largest absolute Gasteiger partial charge is 0.375 e. The van der Waals surface area contributed by atoms with Gasteiger partial charge in [-0.1, -0.05) is 26.0 Å². The third-order valence-corrected chi connectivity index (χ3v) is 4.09. The molecule has 2 atom stereocenters. The number of nitrogens with one attached hydrogen (secondary N) is 1. The molecule has 0 radical (unpaired) electrons. The number of ether oxygens (including phenoxy) is 1. The van der Waals surface area contributed by atoms with Crippen LogP contribution >= 0.6 is 0 Å². The first-order chi connectivity index (χ1) is 9.65. The lowest BCUT2D eigenvalue weighted by Crippen LogP contribution is -2.49. The van der Waals surface area contributed by atoms with Gasteiger partial charge in [0.15, 0.2) is 0 Å². The molecule has 2 unspecified atom stereocenters. The summed E-state index contributed by atoms with van der Waals surface area (Å²) in [6.45, 7) is 12.6. The van der Waals surface area contributed by atoms with Crippen LogP contribution in [0.1, 0.15) is 38.3 Å². The lowest BCUT2D eigenvalue weighted by atomic mass is 10.0. The summed E-state index contributed by atoms with van der Waals surface area (Å²) < 4.78 is 5.80. The number of hydrogen-bond donors (Lipinski definition) is 1. The number of morpholine rings is 1. The van der Waals surface area contributed by atoms with Gasteiger partial charge in [0.05, 0.1) is 18.8 Å². The molecule has 1 aromatic rings. The molecule has 1 heterocycles. The number of anilines is 1. The molecule has 20 heavy (non-hydrogen) atoms. The van der Waals surface area contributed by atoms with Gasteiger partial charge in [0.2, 0.25) is 0 Å². The van der Waals surface area contributed by atoms with E-state index in [0.717, 1.165) is 32.7 Å². The Morgan fingerprint density at radius 3 is 2.80 bits per heavy atom. The van der Waals surface area contributed by atoms with E-state index in [9.17, 15) is 0 Å². The fourth-order valence-electron chi connectivity index (χ4n) is 2.90. The molecule has 0 amide bonds. The summed E-state index contributed by atoms with van der Waals surface area (Å²) in [7, 11) is 0. The highest BCUT2D eigenvalue weighted by molar-refractivity contribution is 5.55. The Kier molecular flexibility index (Phi) is 5.44. The van der Waals surface area contributed by atoms with Crippen molar-refractivity contribution in [2.45, 2.75) is 52.8 Å². The maximum Gasteiger partial charge on any atom is 0.0723 e. The van der Waals surface area contributed by atoms with Crippen LogP contribution in [-0.4, -0.2) is 31.8 Å². The monoisotopic (exact) mass is 276 g/mol. The first-order valence-corrected chi connectivity index (χ1v) is 7.84. The molecule has 112 valence electrons. The molecular weight excluding hydrogens is 248 g/mol. The van der Waals surface area contributed by atoms with Gasteiger partial charge in [-0.25, -0.2) is 0 Å². The number of benzene rings is 1. The molecule has 1 saturated heterocycles. The van der Waals surface area contributed by atoms with E-state index in [1.807, 2.05) is 0 Å². The lowest BCUT2D eigenvalue weighted by Gasteiger charge is -2.40. The second-order valence-corrected chi connectivity index (χ2v) is 5.76. The van der Waals surface area contributed by atoms with Crippen LogP contribution in [0.15, 0.2) is 18.2 Å². The van der Waals surface area contributed by atoms with Crippen LogP contribution < -0.4 is 10.2 Å². The molecule has 1 aromatic carbocycles. The predicted octanol–water partition coefficient (Wildman–Crippen LogP) is 3.11. The summed E-state index contributed by atoms with van der Waals surface area (Å²) >= 11 is 0. The quantitative estimate of drug-likeness (QED) is 0.894. The minimum absolute atomic E-state index is 0.318. The van der Waals surface area contributed by atoms with E-state index in [4.69, 9.17) is 4.74 Å². The van der Waals surface area contributed by atoms with E-state index in [1.54, 1.807) is 0 Å². The molecule has 3 nitrogen and oxygen atoms in total. The number of aryl methyl sites for hydroxylation is 1. The molecule has 3 heteroatoms. The summed E-state index contributed by atoms with van der Waals surface area (Å²) in [5.41, 5.74) is 4.10. The first kappa shape index (κ1) is 15.3. The average Bonchev–Trinajstić information content (AvgIpc) is 2.45. The maximum absolute atomic E-state index is 5.80. The Morgan fingerprint density at radius 2 is 2.15 bits per heavy atom. The smallest absolute Gasteiger partial charge is 0.0723 e. The predicted molar refractivity (Wildman–Crippen MR) is 85.4 cm³/mol. The minimum Gasteiger partial charge on any atom is -0.375 e. The Balaban J connectivity index is 2.17. The highest BCUT2D eigenvalue weighted by Gasteiger charge is 2.26. The number of rotatable bonds is 5. The Labute approximate surface area is 123 Å². The number of nitrogens with zero attached hydrogens (tertiary/aromatic N) is 1. The number of hydrogen-bond acceptors (Lipinski definition) is 3. The SMILES string of the molecule is CCNCc1ccc(N2CC(C)OCC2CC)c(C)c1. The van der Waals surface area contributed by atoms with Gasteiger partial charge in [-0.05, 0) is 44.0 Å². The second-order valence-electron chi connectivity index (χ2n) is 5.76. The molecular formula is C17H28N2O. The van der Waals surface area contributed by atoms with Crippen molar-refractivity contribution in [1.29, 1.82) is 0 Å². The van der Waals surface area contributed by atoms with Crippen LogP contribution in [0, 0.1) is 6.92 Å². The first-order valence-electron chi connectivity index (χ1n) is 7.84. The molecule has 0 aliphatic carbocycles. The fourth-order valence-corrected chi connectivity index (χ4v) is 2.90. The van der Waals surface area contributed by atoms with Crippen molar-refractivity contribution in [2.24, 2.45) is 0 Å². The van der Waals surface area contributed by atoms with Gasteiger partial charge >= 0.3 is 0 Å². The van der Waals surface area contributed by atoms with Gasteiger partial charge in [0.25, 0.3) is 0 Å². The van der Waals surface area contributed by atoms with Gasteiger partial charge in [0, 0.05) is 18.8 Å². The van der Waals surface area contributed by atoms with E-state index < -0.39 is 0 Å². The van der Waals surface area contributed by atoms with E-state index in [2.05, 4.69) is 56.1 Å². The van der Waals surface area contributed by atoms with Crippen molar-refractivity contribution < 1.29 is 4.74 Å². The van der Waals surface area contributed by atoms with Gasteiger partial charge in [-0.2, -0.15) is 0 Å². The molecule has 1 fully saturated rings. The van der Waals surface area contributed by atoms with Gasteiger partial charge in [0.1, 0.15) is 0 Å². The van der Waals surface area contributed by atoms with Crippen LogP contribution in [0.5, 0.6) is 0 Å². The fraction of sp³-hybridized carbons (Fsp3) is 0.647. The van der Waals surface area contributed by atoms with E-state index >= 15 is 0 Å². The highest BCUT2D eigenvalue weighted by atomic mass is 16.5. The lowest BCUT2D eigenvalue weighted by molar-refractivity contribution is 0.0299. The summed E-state index contributed by atoms with van der Waals surface area (Å²) in [6, 6.07) is 7.34. The molecule has 0 spiro atoms. The maximum atomic E-state index is 5.80. The molecule has 1 aliphatic rings. The molecule has 2 rings (SSSR count). The zero-order valence-electron chi connectivity index (χ0n) is 13.3. The van der Waals surface area contributed by atoms with Crippen molar-refractivity contribution in [2.75, 3.05) is 24.6 Å². The van der Waals surface area contributed by atoms with Crippen LogP contribution in [0.4, 0.5) is 5.69 Å². The van der Waals surface area contributed by atoms with E-state index in [1.165, 1.54) is 16.8 Å². The summed E-state index contributed by atoms with van der Waals surface area (Å²) in [5.74, 6) is 0. The van der Waals surface area contributed by atoms with Crippen molar-refractivity contribution in [1.82, 2.24) is 5.32 Å². The molecule has 1 aliphatic heterocycles. The Bertz CT molecular complexity index is 433. The normalized spacial score (nSPS) is 23.1. The topological polar surface area (TPSA) is 24.5 Å². The standard InChI is InChI=1S/C17H28N2O/c1-5-16-12-20-14(4)11-19(16)17-8-7-15(9-13(17)3)10-18-6-2/h7-9,14,16,18H,5-6,10-12H2,1-4H3. The highest BCUT2D eigenvalue weighted by Crippen LogP contribution is 2.27. The van der Waals surface area contributed by atoms with Crippen molar-refractivity contribution in [3.63, 3.8) is 0 Å². The van der Waals surface area contributed by atoms with Crippen LogP contribution in [0.2, 0.25) is 0 Å². The van der Waals surface area contributed by atoms with Gasteiger partial charge in [-0.3, -0.25) is 0 Å². The molecule has 0 bridgehead atoms. The summed E-state index contributed by atoms with van der Waals surface area (Å²) in [6.07, 6.45) is 1.45. The molecule has 0 aromatic heterocycles. The Hall–Kier alpha value is -1.06. The van der Waals surface area contributed by atoms with Crippen molar-refractivity contribution >= 4 is 5.69 Å². The summed E-state index contributed by atoms with van der Waals surface area (Å²) in [4.78, 5) is 2.53. The van der Waals surface area contributed by atoms with Crippen LogP contribution in [0.25, 0.3) is 0 Å². The summed E-state index contributed by atoms with van der Waals surface area (Å²) in [5, 5.41) is 3.38. The molecule has 0 saturated carbocycles. The van der Waals surface area contributed by atoms with Crippen molar-refractivity contribution in [3.8, 4) is 0 Å². The van der Waals surface area contributed by atoms with Gasteiger partial charge < -0.3 is 15.0 Å². The van der Waals surface area contributed by atoms with E-state index in [-0.39, 0.29) is 0 Å². The van der Waals surface area contributed by atoms with E-state index in [0.29, 0.717) is 12.1 Å². The molecule has 1 N–H and O–H groups in total. The van der Waals surface area contributed by atoms with Gasteiger partial charge in [-0.15, -0.1) is 0 Å². The Morgan fingerprint density at radius 1 is 1.35 bits per heavy atom. The average molecular weight is 276 g/mol. The van der Waals surface area contributed by atoms with Crippen molar-refractivity contribution in [3.05, 3.63) is 29.3 Å².